The molecule has 2 heterocycles. The molecular weight excluding hydrogens is 387 g/mol. The molecule has 2 fully saturated rings. The first kappa shape index (κ1) is 14.0. The average molecular weight is 404 g/mol. The van der Waals surface area contributed by atoms with Gasteiger partial charge < -0.3 is 0 Å². The Bertz CT molecular complexity index is 177. The third-order valence-electron chi connectivity index (χ3n) is 2.10. The van der Waals surface area contributed by atoms with Crippen LogP contribution >= 0.6 is 50.4 Å². The zero-order valence-electron chi connectivity index (χ0n) is 9.10. The van der Waals surface area contributed by atoms with Crippen molar-refractivity contribution in [3.05, 3.63) is 0 Å². The summed E-state index contributed by atoms with van der Waals surface area (Å²) in [5.41, 5.74) is 0. The van der Waals surface area contributed by atoms with Crippen LogP contribution in [-0.4, -0.2) is 41.5 Å². The fourth-order valence-corrected chi connectivity index (χ4v) is 48.0. The molecule has 1 radical (unpaired) electrons. The SMILES string of the molecule is CC(C)[S][Sn]([S]C1CCS1)[S]C1CCS1. The third kappa shape index (κ3) is 4.97. The van der Waals surface area contributed by atoms with E-state index in [0.717, 1.165) is 14.4 Å². The van der Waals surface area contributed by atoms with E-state index in [-0.39, 0.29) is 0 Å². The van der Waals surface area contributed by atoms with Crippen molar-refractivity contribution < 1.29 is 0 Å². The van der Waals surface area contributed by atoms with Crippen LogP contribution in [0.15, 0.2) is 0 Å². The van der Waals surface area contributed by atoms with Crippen LogP contribution in [0, 0.1) is 0 Å². The quantitative estimate of drug-likeness (QED) is 0.596. The molecule has 6 heteroatoms. The van der Waals surface area contributed by atoms with Crippen molar-refractivity contribution in [1.82, 2.24) is 0 Å². The van der Waals surface area contributed by atoms with Gasteiger partial charge in [0.1, 0.15) is 0 Å². The van der Waals surface area contributed by atoms with Crippen LogP contribution in [0.4, 0.5) is 0 Å². The van der Waals surface area contributed by atoms with Gasteiger partial charge in [0.05, 0.1) is 0 Å². The van der Waals surface area contributed by atoms with E-state index in [1.54, 1.807) is 0 Å². The molecule has 0 nitrogen and oxygen atoms in total. The Morgan fingerprint density at radius 1 is 1.07 bits per heavy atom. The molecule has 0 bridgehead atoms. The first-order valence-electron chi connectivity index (χ1n) is 5.34. The van der Waals surface area contributed by atoms with Crippen molar-refractivity contribution in [3.63, 3.8) is 0 Å². The molecule has 0 N–H and O–H groups in total. The van der Waals surface area contributed by atoms with E-state index >= 15 is 0 Å². The number of rotatable bonds is 6. The Kier molecular flexibility index (Phi) is 6.72. The molecular formula is C9H17S5Sn. The van der Waals surface area contributed by atoms with E-state index in [9.17, 15) is 0 Å². The zero-order valence-corrected chi connectivity index (χ0v) is 16.0. The molecule has 2 atom stereocenters. The summed E-state index contributed by atoms with van der Waals surface area (Å²) in [4.78, 5) is 0. The van der Waals surface area contributed by atoms with Gasteiger partial charge in [0.15, 0.2) is 0 Å². The molecule has 0 saturated carbocycles. The summed E-state index contributed by atoms with van der Waals surface area (Å²) in [6.45, 7) is 4.74. The molecule has 2 aliphatic heterocycles. The second kappa shape index (κ2) is 7.21. The molecule has 2 rings (SSSR count). The molecule has 0 aromatic rings. The molecule has 0 aromatic carbocycles. The van der Waals surface area contributed by atoms with Crippen molar-refractivity contribution in [1.29, 1.82) is 0 Å². The van der Waals surface area contributed by atoms with Gasteiger partial charge in [-0.25, -0.2) is 0 Å². The summed E-state index contributed by atoms with van der Waals surface area (Å²) < 4.78 is 1.98. The first-order valence-corrected chi connectivity index (χ1v) is 20.6. The minimum absolute atomic E-state index is 0.856. The van der Waals surface area contributed by atoms with Crippen LogP contribution < -0.4 is 0 Å². The van der Waals surface area contributed by atoms with Crippen LogP contribution in [0.5, 0.6) is 0 Å². The van der Waals surface area contributed by atoms with E-state index in [0.29, 0.717) is 0 Å². The molecule has 0 amide bonds. The Labute approximate surface area is 117 Å². The average Bonchev–Trinajstić information content (AvgIpc) is 2.02. The standard InChI is InChI=1S/2C3H6S2.C3H8S.Sn/c2*4-3-1-2-5-3;1-3(2)4;/h2*3-4H,1-2H2;3-4H,1-2H3;/q;;;+3/p-3. The van der Waals surface area contributed by atoms with Crippen LogP contribution in [0.2, 0.25) is 0 Å². The van der Waals surface area contributed by atoms with Crippen molar-refractivity contribution in [2.24, 2.45) is 0 Å². The van der Waals surface area contributed by atoms with E-state index in [1.807, 2.05) is 0 Å². The molecule has 0 aromatic heterocycles. The van der Waals surface area contributed by atoms with Gasteiger partial charge >= 0.3 is 119 Å². The summed E-state index contributed by atoms with van der Waals surface area (Å²) in [7, 11) is 7.17. The summed E-state index contributed by atoms with van der Waals surface area (Å²) in [5, 5.41) is 0.856. The summed E-state index contributed by atoms with van der Waals surface area (Å²) >= 11 is 3.17. The fraction of sp³-hybridized carbons (Fsp3) is 1.00. The van der Waals surface area contributed by atoms with Crippen molar-refractivity contribution in [3.8, 4) is 0 Å². The minimum atomic E-state index is -1.22. The van der Waals surface area contributed by atoms with E-state index in [2.05, 4.69) is 64.2 Å². The van der Waals surface area contributed by atoms with Gasteiger partial charge in [-0.15, -0.1) is 0 Å². The van der Waals surface area contributed by atoms with E-state index in [1.165, 1.54) is 24.3 Å². The monoisotopic (exact) mass is 405 g/mol. The molecule has 2 saturated heterocycles. The topological polar surface area (TPSA) is 0 Å². The summed E-state index contributed by atoms with van der Waals surface area (Å²) in [5.74, 6) is 2.84. The molecule has 2 unspecified atom stereocenters. The van der Waals surface area contributed by atoms with Gasteiger partial charge in [-0.1, -0.05) is 0 Å². The number of hydrogen-bond acceptors (Lipinski definition) is 5. The molecule has 0 spiro atoms. The maximum absolute atomic E-state index is 2.41. The van der Waals surface area contributed by atoms with E-state index in [4.69, 9.17) is 0 Å². The normalized spacial score (nSPS) is 30.4. The molecule has 15 heavy (non-hydrogen) atoms. The number of hydrogen-bond donors (Lipinski definition) is 0. The Morgan fingerprint density at radius 3 is 1.80 bits per heavy atom. The van der Waals surface area contributed by atoms with Crippen LogP contribution in [0.1, 0.15) is 26.7 Å². The van der Waals surface area contributed by atoms with Gasteiger partial charge in [0.25, 0.3) is 0 Å². The first-order chi connectivity index (χ1) is 7.24. The van der Waals surface area contributed by atoms with Gasteiger partial charge in [0.2, 0.25) is 0 Å². The fourth-order valence-electron chi connectivity index (χ4n) is 1.10. The van der Waals surface area contributed by atoms with Crippen LogP contribution in [0.3, 0.4) is 0 Å². The Balaban J connectivity index is 1.72. The van der Waals surface area contributed by atoms with Gasteiger partial charge in [0, 0.05) is 0 Å². The molecule has 0 aliphatic carbocycles. The predicted molar refractivity (Wildman–Crippen MR) is 85.4 cm³/mol. The van der Waals surface area contributed by atoms with Crippen LogP contribution in [-0.2, 0) is 0 Å². The zero-order chi connectivity index (χ0) is 10.7. The van der Waals surface area contributed by atoms with Crippen molar-refractivity contribution in [2.75, 3.05) is 11.5 Å². The molecule has 87 valence electrons. The Hall–Kier alpha value is 2.55. The van der Waals surface area contributed by atoms with Gasteiger partial charge in [-0.3, -0.25) is 0 Å². The molecule has 2 aliphatic rings. The predicted octanol–water partition coefficient (Wildman–Crippen LogP) is 4.51. The second-order valence-corrected chi connectivity index (χ2v) is 30.7. The third-order valence-corrected chi connectivity index (χ3v) is 36.1. The van der Waals surface area contributed by atoms with Crippen LogP contribution in [0.25, 0.3) is 0 Å². The maximum atomic E-state index is 2.41. The van der Waals surface area contributed by atoms with Crippen molar-refractivity contribution >= 4 is 66.0 Å². The van der Waals surface area contributed by atoms with Gasteiger partial charge in [-0.05, 0) is 0 Å². The summed E-state index contributed by atoms with van der Waals surface area (Å²) in [6, 6.07) is 0. The Morgan fingerprint density at radius 2 is 1.53 bits per heavy atom. The number of thioether (sulfide) groups is 2. The summed E-state index contributed by atoms with van der Waals surface area (Å²) in [6.07, 6.45) is 2.97. The van der Waals surface area contributed by atoms with E-state index < -0.39 is 15.6 Å². The second-order valence-electron chi connectivity index (χ2n) is 3.83. The van der Waals surface area contributed by atoms with Crippen molar-refractivity contribution in [2.45, 2.75) is 41.1 Å². The van der Waals surface area contributed by atoms with Gasteiger partial charge in [-0.2, -0.15) is 0 Å².